The van der Waals surface area contributed by atoms with Gasteiger partial charge >= 0.3 is 0 Å². The standard InChI is InChI=1S/C26H29N3O/c1-2-3-15-30-23-10-11-26-24(17-23)22(19-29-26)12-14-27-18-20-7-6-8-21(16-20)25-9-4-5-13-28-25/h4-11,13,16-17,19,27,29H,2-3,12,14-15,18H2,1H3. The molecular formula is C26H29N3O. The summed E-state index contributed by atoms with van der Waals surface area (Å²) in [4.78, 5) is 7.82. The molecule has 4 aromatic rings. The van der Waals surface area contributed by atoms with E-state index in [9.17, 15) is 0 Å². The number of unbranched alkanes of at least 4 members (excludes halogenated alkanes) is 1. The first kappa shape index (κ1) is 20.2. The summed E-state index contributed by atoms with van der Waals surface area (Å²) in [6.45, 7) is 4.72. The normalized spacial score (nSPS) is 11.1. The molecule has 0 aliphatic rings. The number of H-pyrrole nitrogens is 1. The minimum Gasteiger partial charge on any atom is -0.494 e. The lowest BCUT2D eigenvalue weighted by Crippen LogP contribution is -2.16. The number of hydrogen-bond donors (Lipinski definition) is 2. The third kappa shape index (κ3) is 5.08. The van der Waals surface area contributed by atoms with Gasteiger partial charge in [-0.3, -0.25) is 4.98 Å². The van der Waals surface area contributed by atoms with Crippen LogP contribution < -0.4 is 10.1 Å². The highest BCUT2D eigenvalue weighted by Gasteiger charge is 2.06. The van der Waals surface area contributed by atoms with E-state index < -0.39 is 0 Å². The molecule has 154 valence electrons. The SMILES string of the molecule is CCCCOc1ccc2[nH]cc(CCNCc3cccc(-c4ccccn4)c3)c2c1. The van der Waals surface area contributed by atoms with Gasteiger partial charge in [-0.15, -0.1) is 0 Å². The van der Waals surface area contributed by atoms with Crippen LogP contribution in [-0.4, -0.2) is 23.1 Å². The Hall–Kier alpha value is -3.11. The Morgan fingerprint density at radius 2 is 2.00 bits per heavy atom. The quantitative estimate of drug-likeness (QED) is 0.334. The smallest absolute Gasteiger partial charge is 0.120 e. The topological polar surface area (TPSA) is 49.9 Å². The van der Waals surface area contributed by atoms with Gasteiger partial charge in [0, 0.05) is 35.4 Å². The zero-order valence-electron chi connectivity index (χ0n) is 17.5. The van der Waals surface area contributed by atoms with Crippen molar-refractivity contribution >= 4 is 10.9 Å². The fraction of sp³-hybridized carbons (Fsp3) is 0.269. The van der Waals surface area contributed by atoms with Crippen LogP contribution in [0, 0.1) is 0 Å². The maximum atomic E-state index is 5.88. The Bertz CT molecular complexity index is 1070. The van der Waals surface area contributed by atoms with E-state index in [2.05, 4.69) is 64.8 Å². The van der Waals surface area contributed by atoms with Crippen LogP contribution in [0.25, 0.3) is 22.2 Å². The molecular weight excluding hydrogens is 370 g/mol. The molecule has 4 rings (SSSR count). The molecule has 2 heterocycles. The molecule has 0 atom stereocenters. The molecule has 0 fully saturated rings. The third-order valence-corrected chi connectivity index (χ3v) is 5.29. The molecule has 4 heteroatoms. The number of aromatic nitrogens is 2. The van der Waals surface area contributed by atoms with E-state index in [0.717, 1.165) is 61.5 Å². The Morgan fingerprint density at radius 3 is 2.87 bits per heavy atom. The molecule has 0 aliphatic carbocycles. The van der Waals surface area contributed by atoms with Gasteiger partial charge in [0.05, 0.1) is 12.3 Å². The molecule has 2 aromatic carbocycles. The van der Waals surface area contributed by atoms with Gasteiger partial charge in [0.2, 0.25) is 0 Å². The number of fused-ring (bicyclic) bond motifs is 1. The van der Waals surface area contributed by atoms with E-state index in [4.69, 9.17) is 4.74 Å². The fourth-order valence-electron chi connectivity index (χ4n) is 3.62. The molecule has 2 aromatic heterocycles. The maximum absolute atomic E-state index is 5.88. The second kappa shape index (κ2) is 10.1. The van der Waals surface area contributed by atoms with E-state index in [1.807, 2.05) is 30.5 Å². The van der Waals surface area contributed by atoms with Gasteiger partial charge in [-0.25, -0.2) is 0 Å². The van der Waals surface area contributed by atoms with Crippen molar-refractivity contribution in [3.05, 3.63) is 84.2 Å². The van der Waals surface area contributed by atoms with Crippen molar-refractivity contribution in [2.24, 2.45) is 0 Å². The summed E-state index contributed by atoms with van der Waals surface area (Å²) in [6, 6.07) is 20.9. The van der Waals surface area contributed by atoms with Crippen LogP contribution in [0.5, 0.6) is 5.75 Å². The Balaban J connectivity index is 1.33. The van der Waals surface area contributed by atoms with Gasteiger partial charge in [0.1, 0.15) is 5.75 Å². The molecule has 0 saturated carbocycles. The number of rotatable bonds is 10. The molecule has 0 aliphatic heterocycles. The average molecular weight is 400 g/mol. The number of benzene rings is 2. The first-order valence-electron chi connectivity index (χ1n) is 10.8. The van der Waals surface area contributed by atoms with E-state index in [-0.39, 0.29) is 0 Å². The summed E-state index contributed by atoms with van der Waals surface area (Å²) >= 11 is 0. The molecule has 0 radical (unpaired) electrons. The van der Waals surface area contributed by atoms with Crippen LogP contribution in [0.4, 0.5) is 0 Å². The van der Waals surface area contributed by atoms with E-state index >= 15 is 0 Å². The highest BCUT2D eigenvalue weighted by molar-refractivity contribution is 5.84. The summed E-state index contributed by atoms with van der Waals surface area (Å²) in [5.74, 6) is 0.955. The zero-order valence-corrected chi connectivity index (χ0v) is 17.5. The van der Waals surface area contributed by atoms with Crippen molar-refractivity contribution in [2.45, 2.75) is 32.7 Å². The molecule has 30 heavy (non-hydrogen) atoms. The van der Waals surface area contributed by atoms with Crippen LogP contribution >= 0.6 is 0 Å². The molecule has 0 spiro atoms. The van der Waals surface area contributed by atoms with Crippen LogP contribution in [0.2, 0.25) is 0 Å². The summed E-state index contributed by atoms with van der Waals surface area (Å²) in [7, 11) is 0. The van der Waals surface area contributed by atoms with Gasteiger partial charge < -0.3 is 15.0 Å². The Morgan fingerprint density at radius 1 is 1.03 bits per heavy atom. The lowest BCUT2D eigenvalue weighted by molar-refractivity contribution is 0.310. The summed E-state index contributed by atoms with van der Waals surface area (Å²) in [6.07, 6.45) is 7.15. The monoisotopic (exact) mass is 399 g/mol. The molecule has 0 unspecified atom stereocenters. The van der Waals surface area contributed by atoms with Gasteiger partial charge in [0.25, 0.3) is 0 Å². The number of pyridine rings is 1. The van der Waals surface area contributed by atoms with Crippen LogP contribution in [0.15, 0.2) is 73.1 Å². The van der Waals surface area contributed by atoms with E-state index in [0.29, 0.717) is 0 Å². The molecule has 4 nitrogen and oxygen atoms in total. The number of hydrogen-bond acceptors (Lipinski definition) is 3. The van der Waals surface area contributed by atoms with Gasteiger partial charge in [-0.05, 0) is 66.9 Å². The predicted molar refractivity (Wildman–Crippen MR) is 124 cm³/mol. The van der Waals surface area contributed by atoms with Crippen molar-refractivity contribution in [3.63, 3.8) is 0 Å². The average Bonchev–Trinajstić information content (AvgIpc) is 3.20. The van der Waals surface area contributed by atoms with Crippen LogP contribution in [0.3, 0.4) is 0 Å². The van der Waals surface area contributed by atoms with Crippen LogP contribution in [0.1, 0.15) is 30.9 Å². The largest absolute Gasteiger partial charge is 0.494 e. The number of ether oxygens (including phenoxy) is 1. The Kier molecular flexibility index (Phi) is 6.78. The predicted octanol–water partition coefficient (Wildman–Crippen LogP) is 5.74. The van der Waals surface area contributed by atoms with Crippen molar-refractivity contribution < 1.29 is 4.74 Å². The third-order valence-electron chi connectivity index (χ3n) is 5.29. The summed E-state index contributed by atoms with van der Waals surface area (Å²) in [5.41, 5.74) is 5.91. The van der Waals surface area contributed by atoms with Gasteiger partial charge in [-0.1, -0.05) is 37.6 Å². The summed E-state index contributed by atoms with van der Waals surface area (Å²) < 4.78 is 5.88. The second-order valence-electron chi connectivity index (χ2n) is 7.57. The number of nitrogens with zero attached hydrogens (tertiary/aromatic N) is 1. The number of nitrogens with one attached hydrogen (secondary N) is 2. The lowest BCUT2D eigenvalue weighted by atomic mass is 10.1. The van der Waals surface area contributed by atoms with Crippen molar-refractivity contribution in [1.29, 1.82) is 0 Å². The molecule has 0 amide bonds. The summed E-state index contributed by atoms with van der Waals surface area (Å²) in [5, 5.41) is 4.83. The van der Waals surface area contributed by atoms with E-state index in [1.54, 1.807) is 0 Å². The van der Waals surface area contributed by atoms with Crippen LogP contribution in [-0.2, 0) is 13.0 Å². The molecule has 0 saturated heterocycles. The van der Waals surface area contributed by atoms with Gasteiger partial charge in [0.15, 0.2) is 0 Å². The highest BCUT2D eigenvalue weighted by Crippen LogP contribution is 2.24. The second-order valence-corrected chi connectivity index (χ2v) is 7.57. The highest BCUT2D eigenvalue weighted by atomic mass is 16.5. The molecule has 2 N–H and O–H groups in total. The first-order chi connectivity index (χ1) is 14.8. The minimum atomic E-state index is 0.779. The first-order valence-corrected chi connectivity index (χ1v) is 10.8. The number of aromatic amines is 1. The fourth-order valence-corrected chi connectivity index (χ4v) is 3.62. The maximum Gasteiger partial charge on any atom is 0.120 e. The van der Waals surface area contributed by atoms with Crippen molar-refractivity contribution in [3.8, 4) is 17.0 Å². The Labute approximate surface area is 178 Å². The van der Waals surface area contributed by atoms with E-state index in [1.165, 1.54) is 16.5 Å². The van der Waals surface area contributed by atoms with Gasteiger partial charge in [-0.2, -0.15) is 0 Å². The minimum absolute atomic E-state index is 0.779. The van der Waals surface area contributed by atoms with Crippen molar-refractivity contribution in [2.75, 3.05) is 13.2 Å². The van der Waals surface area contributed by atoms with Crippen molar-refractivity contribution in [1.82, 2.24) is 15.3 Å². The lowest BCUT2D eigenvalue weighted by Gasteiger charge is -2.08. The zero-order chi connectivity index (χ0) is 20.6. The molecule has 0 bridgehead atoms.